The second-order valence-electron chi connectivity index (χ2n) is 5.72. The zero-order valence-corrected chi connectivity index (χ0v) is 14.6. The van der Waals surface area contributed by atoms with Crippen molar-refractivity contribution in [2.24, 2.45) is 0 Å². The predicted molar refractivity (Wildman–Crippen MR) is 88.4 cm³/mol. The number of nitrogens with zero attached hydrogens (tertiary/aromatic N) is 1. The lowest BCUT2D eigenvalue weighted by Gasteiger charge is -2.17. The first-order valence-electron chi connectivity index (χ1n) is 7.79. The van der Waals surface area contributed by atoms with E-state index in [4.69, 9.17) is 4.74 Å². The molecule has 7 heteroatoms. The molecule has 5 nitrogen and oxygen atoms in total. The molecule has 0 bridgehead atoms. The van der Waals surface area contributed by atoms with Crippen LogP contribution < -0.4 is 0 Å². The van der Waals surface area contributed by atoms with Gasteiger partial charge in [-0.05, 0) is 25.0 Å². The smallest absolute Gasteiger partial charge is 0.339 e. The second kappa shape index (κ2) is 7.46. The number of H-pyrrole nitrogens is 1. The first-order valence-corrected chi connectivity index (χ1v) is 7.79. The van der Waals surface area contributed by atoms with Gasteiger partial charge >= 0.3 is 5.97 Å². The fourth-order valence-corrected chi connectivity index (χ4v) is 2.68. The van der Waals surface area contributed by atoms with Crippen LogP contribution in [0.25, 0.3) is 0 Å². The van der Waals surface area contributed by atoms with E-state index >= 15 is 0 Å². The van der Waals surface area contributed by atoms with Crippen LogP contribution >= 0.6 is 0 Å². The van der Waals surface area contributed by atoms with Crippen LogP contribution in [0.4, 0.5) is 8.78 Å². The van der Waals surface area contributed by atoms with Crippen molar-refractivity contribution in [2.75, 3.05) is 14.2 Å². The molecule has 0 saturated heterocycles. The fourth-order valence-electron chi connectivity index (χ4n) is 2.68. The zero-order valence-electron chi connectivity index (χ0n) is 14.6. The molecule has 1 aromatic heterocycles. The molecular formula is C18H20F2N2O3. The molecule has 0 spiro atoms. The van der Waals surface area contributed by atoms with E-state index < -0.39 is 23.5 Å². The molecule has 0 unspecified atom stereocenters. The van der Waals surface area contributed by atoms with Gasteiger partial charge in [0.25, 0.3) is 5.91 Å². The Bertz CT molecular complexity index is 815. The molecule has 25 heavy (non-hydrogen) atoms. The maximum Gasteiger partial charge on any atom is 0.339 e. The molecule has 0 atom stereocenters. The molecule has 1 heterocycles. The van der Waals surface area contributed by atoms with E-state index in [1.807, 2.05) is 6.92 Å². The predicted octanol–water partition coefficient (Wildman–Crippen LogP) is 3.22. The lowest BCUT2D eigenvalue weighted by Crippen LogP contribution is -2.27. The van der Waals surface area contributed by atoms with Gasteiger partial charge in [0.1, 0.15) is 17.3 Å². The molecule has 0 radical (unpaired) electrons. The summed E-state index contributed by atoms with van der Waals surface area (Å²) < 4.78 is 31.5. The number of hydrogen-bond acceptors (Lipinski definition) is 3. The van der Waals surface area contributed by atoms with Gasteiger partial charge in [0.2, 0.25) is 0 Å². The van der Waals surface area contributed by atoms with Crippen molar-refractivity contribution in [3.63, 3.8) is 0 Å². The molecule has 2 aromatic rings. The van der Waals surface area contributed by atoms with E-state index in [1.165, 1.54) is 25.1 Å². The van der Waals surface area contributed by atoms with E-state index in [9.17, 15) is 18.4 Å². The molecule has 1 amide bonds. The summed E-state index contributed by atoms with van der Waals surface area (Å²) in [6.07, 6.45) is 0.523. The summed E-state index contributed by atoms with van der Waals surface area (Å²) in [5.41, 5.74) is 1.89. The van der Waals surface area contributed by atoms with Crippen LogP contribution in [0.1, 0.15) is 44.6 Å². The Labute approximate surface area is 144 Å². The lowest BCUT2D eigenvalue weighted by atomic mass is 10.1. The number of carbonyl (C=O) groups excluding carboxylic acids is 2. The molecule has 0 fully saturated rings. The Morgan fingerprint density at radius 2 is 1.96 bits per heavy atom. The topological polar surface area (TPSA) is 62.4 Å². The number of methoxy groups -OCH3 is 1. The SMILES string of the molecule is CCc1[nH]c(C(=O)N(C)Cc2ccc(F)cc2F)c(C)c1C(=O)OC. The second-order valence-corrected chi connectivity index (χ2v) is 5.72. The van der Waals surface area contributed by atoms with Gasteiger partial charge in [-0.2, -0.15) is 0 Å². The van der Waals surface area contributed by atoms with Gasteiger partial charge in [0.05, 0.1) is 12.7 Å². The van der Waals surface area contributed by atoms with Crippen LogP contribution in [0.15, 0.2) is 18.2 Å². The fraction of sp³-hybridized carbons (Fsp3) is 0.333. The highest BCUT2D eigenvalue weighted by Gasteiger charge is 2.25. The highest BCUT2D eigenvalue weighted by Crippen LogP contribution is 2.22. The van der Waals surface area contributed by atoms with Crippen molar-refractivity contribution in [3.8, 4) is 0 Å². The van der Waals surface area contributed by atoms with Crippen LogP contribution in [0.3, 0.4) is 0 Å². The molecule has 0 aliphatic heterocycles. The highest BCUT2D eigenvalue weighted by molar-refractivity contribution is 6.00. The molecule has 2 rings (SSSR count). The minimum Gasteiger partial charge on any atom is -0.465 e. The third kappa shape index (κ3) is 3.70. The van der Waals surface area contributed by atoms with Gasteiger partial charge < -0.3 is 14.6 Å². The maximum atomic E-state index is 13.8. The van der Waals surface area contributed by atoms with E-state index in [2.05, 4.69) is 4.98 Å². The minimum atomic E-state index is -0.715. The summed E-state index contributed by atoms with van der Waals surface area (Å²) in [7, 11) is 2.79. The van der Waals surface area contributed by atoms with Crippen molar-refractivity contribution in [1.82, 2.24) is 9.88 Å². The number of aromatic nitrogens is 1. The van der Waals surface area contributed by atoms with Crippen LogP contribution in [-0.4, -0.2) is 35.9 Å². The number of aromatic amines is 1. The summed E-state index contributed by atoms with van der Waals surface area (Å²) in [5, 5.41) is 0. The van der Waals surface area contributed by atoms with Crippen molar-refractivity contribution >= 4 is 11.9 Å². The highest BCUT2D eigenvalue weighted by atomic mass is 19.1. The molecule has 0 saturated carbocycles. The number of amides is 1. The summed E-state index contributed by atoms with van der Waals surface area (Å²) >= 11 is 0. The van der Waals surface area contributed by atoms with Gasteiger partial charge in [-0.1, -0.05) is 13.0 Å². The van der Waals surface area contributed by atoms with Crippen molar-refractivity contribution in [2.45, 2.75) is 26.8 Å². The Morgan fingerprint density at radius 3 is 2.52 bits per heavy atom. The summed E-state index contributed by atoms with van der Waals surface area (Å²) in [4.78, 5) is 28.9. The van der Waals surface area contributed by atoms with Gasteiger partial charge in [-0.15, -0.1) is 0 Å². The first-order chi connectivity index (χ1) is 11.8. The molecule has 0 aliphatic rings. The number of rotatable bonds is 5. The first kappa shape index (κ1) is 18.6. The Kier molecular flexibility index (Phi) is 5.56. The molecule has 1 N–H and O–H groups in total. The van der Waals surface area contributed by atoms with Crippen LogP contribution in [-0.2, 0) is 17.7 Å². The van der Waals surface area contributed by atoms with E-state index in [0.29, 0.717) is 23.2 Å². The van der Waals surface area contributed by atoms with E-state index in [-0.39, 0.29) is 17.8 Å². The van der Waals surface area contributed by atoms with E-state index in [0.717, 1.165) is 12.1 Å². The minimum absolute atomic E-state index is 0.0293. The largest absolute Gasteiger partial charge is 0.465 e. The number of halogens is 2. The number of esters is 1. The average Bonchev–Trinajstić information content (AvgIpc) is 2.92. The maximum absolute atomic E-state index is 13.8. The van der Waals surface area contributed by atoms with Gasteiger partial charge in [0.15, 0.2) is 0 Å². The Hall–Kier alpha value is -2.70. The number of carbonyl (C=O) groups is 2. The molecule has 0 aliphatic carbocycles. The Balaban J connectivity index is 2.30. The molecule has 134 valence electrons. The third-order valence-electron chi connectivity index (χ3n) is 4.05. The number of ether oxygens (including phenoxy) is 1. The Morgan fingerprint density at radius 1 is 1.28 bits per heavy atom. The standard InChI is InChI=1S/C18H20F2N2O3/c1-5-14-15(18(24)25-4)10(2)16(21-14)17(23)22(3)9-11-6-7-12(19)8-13(11)20/h6-8,21H,5,9H2,1-4H3. The average molecular weight is 350 g/mol. The molecular weight excluding hydrogens is 330 g/mol. The van der Waals surface area contributed by atoms with Crippen LogP contribution in [0, 0.1) is 18.6 Å². The normalized spacial score (nSPS) is 10.6. The van der Waals surface area contributed by atoms with Crippen molar-refractivity contribution in [3.05, 3.63) is 57.9 Å². The number of hydrogen-bond donors (Lipinski definition) is 1. The van der Waals surface area contributed by atoms with Crippen molar-refractivity contribution < 1.29 is 23.1 Å². The van der Waals surface area contributed by atoms with Crippen LogP contribution in [0.2, 0.25) is 0 Å². The summed E-state index contributed by atoms with van der Waals surface area (Å²) in [5.74, 6) is -2.30. The van der Waals surface area contributed by atoms with Gasteiger partial charge in [-0.3, -0.25) is 4.79 Å². The molecule has 1 aromatic carbocycles. The zero-order chi connectivity index (χ0) is 18.7. The summed E-state index contributed by atoms with van der Waals surface area (Å²) in [6.45, 7) is 3.48. The van der Waals surface area contributed by atoms with E-state index in [1.54, 1.807) is 6.92 Å². The number of nitrogens with one attached hydrogen (secondary N) is 1. The van der Waals surface area contributed by atoms with Gasteiger partial charge in [0, 0.05) is 30.9 Å². The quantitative estimate of drug-likeness (QED) is 0.842. The van der Waals surface area contributed by atoms with Crippen molar-refractivity contribution in [1.29, 1.82) is 0 Å². The van der Waals surface area contributed by atoms with Crippen LogP contribution in [0.5, 0.6) is 0 Å². The number of benzene rings is 1. The number of aryl methyl sites for hydroxylation is 1. The third-order valence-corrected chi connectivity index (χ3v) is 4.05. The monoisotopic (exact) mass is 350 g/mol. The lowest BCUT2D eigenvalue weighted by molar-refractivity contribution is 0.0599. The summed E-state index contributed by atoms with van der Waals surface area (Å²) in [6, 6.07) is 3.21. The van der Waals surface area contributed by atoms with Gasteiger partial charge in [-0.25, -0.2) is 13.6 Å².